The largest absolute Gasteiger partial charge is 0.366 e. The summed E-state index contributed by atoms with van der Waals surface area (Å²) in [7, 11) is 0. The number of nitrogens with zero attached hydrogens (tertiary/aromatic N) is 6. The summed E-state index contributed by atoms with van der Waals surface area (Å²) in [5, 5.41) is 0.958. The number of nitrogens with one attached hydrogen (secondary N) is 1. The molecule has 0 aliphatic carbocycles. The van der Waals surface area contributed by atoms with Crippen molar-refractivity contribution in [2.75, 3.05) is 49.1 Å². The van der Waals surface area contributed by atoms with E-state index in [4.69, 9.17) is 16.6 Å². The molecule has 9 nitrogen and oxygen atoms in total. The number of benzene rings is 3. The zero-order valence-electron chi connectivity index (χ0n) is 25.1. The van der Waals surface area contributed by atoms with E-state index in [1.54, 1.807) is 12.1 Å². The summed E-state index contributed by atoms with van der Waals surface area (Å²) in [6.45, 7) is 3.94. The average molecular weight is 658 g/mol. The van der Waals surface area contributed by atoms with Gasteiger partial charge in [-0.1, -0.05) is 59.8 Å². The number of anilines is 2. The minimum absolute atomic E-state index is 0.00171. The molecule has 7 rings (SSSR count). The highest BCUT2D eigenvalue weighted by molar-refractivity contribution is 7.98. The van der Waals surface area contributed by atoms with Gasteiger partial charge in [0.15, 0.2) is 5.16 Å². The molecule has 236 valence electrons. The van der Waals surface area contributed by atoms with Crippen LogP contribution >= 0.6 is 23.4 Å². The maximum absolute atomic E-state index is 14.3. The Bertz CT molecular complexity index is 1920. The van der Waals surface area contributed by atoms with Crippen molar-refractivity contribution in [3.63, 3.8) is 0 Å². The van der Waals surface area contributed by atoms with E-state index in [1.165, 1.54) is 17.8 Å². The predicted octanol–water partition coefficient (Wildman–Crippen LogP) is 6.01. The van der Waals surface area contributed by atoms with Gasteiger partial charge in [0.05, 0.1) is 16.7 Å². The van der Waals surface area contributed by atoms with Gasteiger partial charge in [-0.05, 0) is 54.8 Å². The number of carbonyl (C=O) groups excluding carboxylic acids is 1. The Morgan fingerprint density at radius 1 is 0.891 bits per heavy atom. The van der Waals surface area contributed by atoms with Crippen molar-refractivity contribution in [3.8, 4) is 0 Å². The summed E-state index contributed by atoms with van der Waals surface area (Å²) in [5.41, 5.74) is 3.96. The van der Waals surface area contributed by atoms with Crippen molar-refractivity contribution in [2.24, 2.45) is 0 Å². The van der Waals surface area contributed by atoms with E-state index < -0.39 is 0 Å². The molecule has 0 atom stereocenters. The molecule has 2 aliphatic heterocycles. The smallest absolute Gasteiger partial charge is 0.326 e. The number of fused-ring (bicyclic) bond motifs is 1. The number of piperidine rings is 1. The third-order valence-corrected chi connectivity index (χ3v) is 9.88. The van der Waals surface area contributed by atoms with Crippen molar-refractivity contribution in [3.05, 3.63) is 111 Å². The first kappa shape index (κ1) is 30.3. The maximum atomic E-state index is 14.3. The number of H-pyrrole nitrogens is 1. The molecule has 2 aliphatic rings. The lowest BCUT2D eigenvalue weighted by atomic mass is 10.0. The fraction of sp³-hybridized carbons (Fsp3) is 0.294. The van der Waals surface area contributed by atoms with Crippen LogP contribution < -0.4 is 15.5 Å². The number of hydrogen-bond donors (Lipinski definition) is 1. The number of para-hydroxylation sites is 3. The zero-order chi connectivity index (χ0) is 31.6. The Morgan fingerprint density at radius 2 is 1.59 bits per heavy atom. The van der Waals surface area contributed by atoms with Gasteiger partial charge in [-0.25, -0.2) is 19.2 Å². The number of aromatic nitrogens is 4. The third kappa shape index (κ3) is 6.34. The van der Waals surface area contributed by atoms with Gasteiger partial charge in [0.1, 0.15) is 16.8 Å². The van der Waals surface area contributed by atoms with Crippen LogP contribution in [0.2, 0.25) is 5.15 Å². The number of hydrogen-bond acceptors (Lipinski definition) is 7. The lowest BCUT2D eigenvalue weighted by Gasteiger charge is -2.36. The third-order valence-electron chi connectivity index (χ3n) is 8.77. The first-order valence-electron chi connectivity index (χ1n) is 15.4. The average Bonchev–Trinajstić information content (AvgIpc) is 3.43. The van der Waals surface area contributed by atoms with Gasteiger partial charge in [0, 0.05) is 62.7 Å². The van der Waals surface area contributed by atoms with E-state index >= 15 is 0 Å². The maximum Gasteiger partial charge on any atom is 0.326 e. The van der Waals surface area contributed by atoms with Crippen LogP contribution in [0, 0.1) is 5.82 Å². The monoisotopic (exact) mass is 657 g/mol. The van der Waals surface area contributed by atoms with Crippen LogP contribution in [0.1, 0.15) is 34.8 Å². The Morgan fingerprint density at radius 3 is 2.35 bits per heavy atom. The number of likely N-dealkylation sites (tertiary alicyclic amines) is 1. The number of halogens is 2. The first-order chi connectivity index (χ1) is 22.4. The highest BCUT2D eigenvalue weighted by Crippen LogP contribution is 2.28. The molecule has 2 aromatic heterocycles. The van der Waals surface area contributed by atoms with Gasteiger partial charge >= 0.3 is 5.69 Å². The number of carbonyl (C=O) groups is 1. The summed E-state index contributed by atoms with van der Waals surface area (Å²) in [4.78, 5) is 44.1. The fourth-order valence-corrected chi connectivity index (χ4v) is 7.37. The van der Waals surface area contributed by atoms with Gasteiger partial charge in [0.2, 0.25) is 0 Å². The van der Waals surface area contributed by atoms with Gasteiger partial charge < -0.3 is 19.7 Å². The summed E-state index contributed by atoms with van der Waals surface area (Å²) in [5.74, 6) is 1.18. The topological polar surface area (TPSA) is 90.4 Å². The molecular weight excluding hydrogens is 625 g/mol. The standard InChI is InChI=1S/C34H33ClFN7O2S/c35-30-21-31(41-19-17-40(18-20-41)28-7-3-1-5-26(28)36)39-33(38-30)46-22-23-9-11-24(12-10-23)32(44)42-15-13-25(14-16-42)43-29-8-4-2-6-27(29)37-34(43)45/h1-12,21,25H,13-20,22H2,(H,37,45). The van der Waals surface area contributed by atoms with Crippen LogP contribution in [0.15, 0.2) is 88.8 Å². The number of amides is 1. The molecule has 3 aromatic carbocycles. The molecule has 46 heavy (non-hydrogen) atoms. The fourth-order valence-electron chi connectivity index (χ4n) is 6.33. The van der Waals surface area contributed by atoms with Gasteiger partial charge in [-0.2, -0.15) is 0 Å². The summed E-state index contributed by atoms with van der Waals surface area (Å²) in [6, 6.07) is 24.1. The van der Waals surface area contributed by atoms with Gasteiger partial charge in [-0.15, -0.1) is 0 Å². The van der Waals surface area contributed by atoms with E-state index in [0.29, 0.717) is 66.6 Å². The van der Waals surface area contributed by atoms with Crippen LogP contribution in [0.3, 0.4) is 0 Å². The highest BCUT2D eigenvalue weighted by Gasteiger charge is 2.27. The Hall–Kier alpha value is -4.35. The minimum atomic E-state index is -0.210. The van der Waals surface area contributed by atoms with Crippen molar-refractivity contribution in [1.29, 1.82) is 0 Å². The van der Waals surface area contributed by atoms with Crippen molar-refractivity contribution < 1.29 is 9.18 Å². The summed E-state index contributed by atoms with van der Waals surface area (Å²) in [6.07, 6.45) is 1.45. The van der Waals surface area contributed by atoms with E-state index in [9.17, 15) is 14.0 Å². The predicted molar refractivity (Wildman–Crippen MR) is 181 cm³/mol. The lowest BCUT2D eigenvalue weighted by Crippen LogP contribution is -2.47. The summed E-state index contributed by atoms with van der Waals surface area (Å²) < 4.78 is 16.1. The highest BCUT2D eigenvalue weighted by atomic mass is 35.5. The molecule has 0 radical (unpaired) electrons. The molecule has 12 heteroatoms. The number of piperazine rings is 1. The van der Waals surface area contributed by atoms with Crippen LogP contribution in [-0.2, 0) is 5.75 Å². The molecule has 1 amide bonds. The zero-order valence-corrected chi connectivity index (χ0v) is 26.7. The number of aromatic amines is 1. The quantitative estimate of drug-likeness (QED) is 0.130. The van der Waals surface area contributed by atoms with Crippen LogP contribution in [-0.4, -0.2) is 69.6 Å². The van der Waals surface area contributed by atoms with Crippen molar-refractivity contribution in [2.45, 2.75) is 29.8 Å². The summed E-state index contributed by atoms with van der Waals surface area (Å²) >= 11 is 7.87. The van der Waals surface area contributed by atoms with Crippen LogP contribution in [0.25, 0.3) is 11.0 Å². The number of thioether (sulfide) groups is 1. The van der Waals surface area contributed by atoms with Crippen LogP contribution in [0.5, 0.6) is 0 Å². The molecule has 0 saturated carbocycles. The molecule has 0 unspecified atom stereocenters. The van der Waals surface area contributed by atoms with Crippen LogP contribution in [0.4, 0.5) is 15.9 Å². The van der Waals surface area contributed by atoms with Gasteiger partial charge in [-0.3, -0.25) is 9.36 Å². The van der Waals surface area contributed by atoms with E-state index in [0.717, 1.165) is 35.3 Å². The molecule has 1 N–H and O–H groups in total. The second-order valence-corrected chi connectivity index (χ2v) is 12.9. The van der Waals surface area contributed by atoms with E-state index in [-0.39, 0.29) is 23.5 Å². The normalized spacial score (nSPS) is 15.9. The second kappa shape index (κ2) is 13.2. The van der Waals surface area contributed by atoms with Gasteiger partial charge in [0.25, 0.3) is 5.91 Å². The minimum Gasteiger partial charge on any atom is -0.366 e. The molecule has 2 fully saturated rings. The Kier molecular flexibility index (Phi) is 8.68. The van der Waals surface area contributed by atoms with E-state index in [2.05, 4.69) is 14.9 Å². The SMILES string of the molecule is O=C(c1ccc(CSc2nc(Cl)cc(N3CCN(c4ccccc4F)CC3)n2)cc1)N1CCC(n2c(=O)[nH]c3ccccc32)CC1. The first-order valence-corrected chi connectivity index (χ1v) is 16.8. The molecular formula is C34H33ClFN7O2S. The molecule has 0 bridgehead atoms. The second-order valence-electron chi connectivity index (χ2n) is 11.6. The number of imidazole rings is 1. The lowest BCUT2D eigenvalue weighted by molar-refractivity contribution is 0.0695. The molecule has 2 saturated heterocycles. The molecule has 0 spiro atoms. The number of rotatable bonds is 7. The molecule has 4 heterocycles. The Balaban J connectivity index is 0.930. The van der Waals surface area contributed by atoms with Crippen molar-refractivity contribution >= 4 is 51.8 Å². The Labute approximate surface area is 275 Å². The van der Waals surface area contributed by atoms with Crippen molar-refractivity contribution in [1.82, 2.24) is 24.4 Å². The molecule has 5 aromatic rings. The van der Waals surface area contributed by atoms with E-state index in [1.807, 2.05) is 75.0 Å².